The largest absolute Gasteiger partial charge is 0.376 e. The van der Waals surface area contributed by atoms with Gasteiger partial charge in [0.15, 0.2) is 5.13 Å². The van der Waals surface area contributed by atoms with Gasteiger partial charge in [-0.25, -0.2) is 13.4 Å². The summed E-state index contributed by atoms with van der Waals surface area (Å²) < 4.78 is 35.5. The number of amides is 1. The molecule has 1 atom stereocenters. The molecule has 2 heterocycles. The molecule has 2 fully saturated rings. The number of benzene rings is 2. The van der Waals surface area contributed by atoms with E-state index in [1.807, 2.05) is 19.1 Å². The molecule has 1 amide bonds. The second-order valence-electron chi connectivity index (χ2n) is 10.2. The highest BCUT2D eigenvalue weighted by molar-refractivity contribution is 7.89. The highest BCUT2D eigenvalue weighted by atomic mass is 32.2. The van der Waals surface area contributed by atoms with Gasteiger partial charge in [0.2, 0.25) is 10.0 Å². The van der Waals surface area contributed by atoms with Gasteiger partial charge >= 0.3 is 0 Å². The fraction of sp³-hybridized carbons (Fsp3) is 0.517. The fourth-order valence-electron chi connectivity index (χ4n) is 5.69. The van der Waals surface area contributed by atoms with Gasteiger partial charge in [-0.2, -0.15) is 4.31 Å². The van der Waals surface area contributed by atoms with Crippen molar-refractivity contribution in [1.29, 1.82) is 0 Å². The molecule has 5 rings (SSSR count). The molecule has 1 aliphatic heterocycles. The van der Waals surface area contributed by atoms with Crippen LogP contribution in [-0.2, 0) is 21.2 Å². The molecule has 2 aliphatic rings. The Bertz CT molecular complexity index is 1360. The molecule has 2 aromatic carbocycles. The summed E-state index contributed by atoms with van der Waals surface area (Å²) >= 11 is 1.51. The number of rotatable bonds is 9. The Morgan fingerprint density at radius 2 is 1.79 bits per heavy atom. The van der Waals surface area contributed by atoms with Gasteiger partial charge < -0.3 is 4.74 Å². The molecule has 0 spiro atoms. The van der Waals surface area contributed by atoms with Gasteiger partial charge in [-0.15, -0.1) is 0 Å². The van der Waals surface area contributed by atoms with E-state index in [2.05, 4.69) is 13.0 Å². The van der Waals surface area contributed by atoms with Crippen LogP contribution < -0.4 is 4.90 Å². The smallest absolute Gasteiger partial charge is 0.260 e. The zero-order valence-electron chi connectivity index (χ0n) is 22.3. The van der Waals surface area contributed by atoms with Crippen molar-refractivity contribution in [3.63, 3.8) is 0 Å². The Labute approximate surface area is 229 Å². The zero-order chi connectivity index (χ0) is 26.7. The predicted octanol–water partition coefficient (Wildman–Crippen LogP) is 6.03. The third-order valence-corrected chi connectivity index (χ3v) is 10.8. The van der Waals surface area contributed by atoms with Crippen LogP contribution in [0.25, 0.3) is 10.2 Å². The Balaban J connectivity index is 1.43. The van der Waals surface area contributed by atoms with Crippen molar-refractivity contribution >= 4 is 42.6 Å². The third kappa shape index (κ3) is 5.52. The van der Waals surface area contributed by atoms with Crippen LogP contribution in [0.2, 0.25) is 0 Å². The minimum atomic E-state index is -3.63. The van der Waals surface area contributed by atoms with Gasteiger partial charge in [-0.1, -0.05) is 56.6 Å². The number of aryl methyl sites for hydroxylation is 1. The molecule has 1 aromatic heterocycles. The van der Waals surface area contributed by atoms with E-state index in [9.17, 15) is 13.2 Å². The highest BCUT2D eigenvalue weighted by Crippen LogP contribution is 2.33. The SMILES string of the molecule is CCc1cccc2sc(N(CC3CCCO3)C(=O)c3ccc(S(=O)(=O)N(CC)C4CCCCC4)cc3)nc12. The van der Waals surface area contributed by atoms with E-state index in [0.29, 0.717) is 30.4 Å². The first-order valence-corrected chi connectivity index (χ1v) is 16.1. The van der Waals surface area contributed by atoms with Crippen molar-refractivity contribution in [1.82, 2.24) is 9.29 Å². The van der Waals surface area contributed by atoms with E-state index in [1.165, 1.54) is 17.8 Å². The first-order chi connectivity index (χ1) is 18.4. The van der Waals surface area contributed by atoms with Crippen molar-refractivity contribution in [2.24, 2.45) is 0 Å². The van der Waals surface area contributed by atoms with Crippen LogP contribution in [0.15, 0.2) is 47.4 Å². The summed E-state index contributed by atoms with van der Waals surface area (Å²) in [7, 11) is -3.63. The molecule has 7 nitrogen and oxygen atoms in total. The molecular weight excluding hydrogens is 518 g/mol. The average Bonchev–Trinajstić information content (AvgIpc) is 3.62. The molecule has 3 aromatic rings. The minimum Gasteiger partial charge on any atom is -0.376 e. The maximum absolute atomic E-state index is 13.8. The molecule has 9 heteroatoms. The van der Waals surface area contributed by atoms with Crippen LogP contribution in [-0.4, -0.2) is 55.5 Å². The van der Waals surface area contributed by atoms with Crippen LogP contribution in [0.1, 0.15) is 74.7 Å². The number of hydrogen-bond donors (Lipinski definition) is 0. The van der Waals surface area contributed by atoms with Crippen LogP contribution >= 0.6 is 11.3 Å². The van der Waals surface area contributed by atoms with Gasteiger partial charge in [-0.05, 0) is 68.0 Å². The van der Waals surface area contributed by atoms with Crippen LogP contribution in [0.4, 0.5) is 5.13 Å². The Hall–Kier alpha value is -2.33. The lowest BCUT2D eigenvalue weighted by Crippen LogP contribution is -2.41. The van der Waals surface area contributed by atoms with Gasteiger partial charge in [0.05, 0.1) is 27.8 Å². The first-order valence-electron chi connectivity index (χ1n) is 13.9. The summed E-state index contributed by atoms with van der Waals surface area (Å²) in [6.45, 7) is 5.57. The van der Waals surface area contributed by atoms with Crippen molar-refractivity contribution in [3.8, 4) is 0 Å². The molecule has 1 unspecified atom stereocenters. The summed E-state index contributed by atoms with van der Waals surface area (Å²) in [4.78, 5) is 20.7. The number of anilines is 1. The number of fused-ring (bicyclic) bond motifs is 1. The van der Waals surface area contributed by atoms with Gasteiger partial charge in [0.1, 0.15) is 0 Å². The number of aromatic nitrogens is 1. The van der Waals surface area contributed by atoms with E-state index < -0.39 is 10.0 Å². The van der Waals surface area contributed by atoms with Crippen molar-refractivity contribution < 1.29 is 17.9 Å². The number of carbonyl (C=O) groups excluding carboxylic acids is 1. The normalized spacial score (nSPS) is 18.9. The Morgan fingerprint density at radius 1 is 1.03 bits per heavy atom. The molecule has 1 saturated carbocycles. The number of thiazole rings is 1. The summed E-state index contributed by atoms with van der Waals surface area (Å²) in [5.74, 6) is -0.193. The van der Waals surface area contributed by atoms with Crippen molar-refractivity contribution in [2.45, 2.75) is 82.3 Å². The van der Waals surface area contributed by atoms with Crippen LogP contribution in [0, 0.1) is 0 Å². The Morgan fingerprint density at radius 3 is 2.45 bits per heavy atom. The maximum atomic E-state index is 13.8. The van der Waals surface area contributed by atoms with Crippen molar-refractivity contribution in [2.75, 3.05) is 24.6 Å². The summed E-state index contributed by atoms with van der Waals surface area (Å²) in [6, 6.07) is 12.6. The fourth-order valence-corrected chi connectivity index (χ4v) is 8.40. The molecule has 0 N–H and O–H groups in total. The minimum absolute atomic E-state index is 0.0372. The van der Waals surface area contributed by atoms with Gasteiger partial charge in [0, 0.05) is 24.8 Å². The van der Waals surface area contributed by atoms with E-state index in [4.69, 9.17) is 9.72 Å². The average molecular weight is 556 g/mol. The lowest BCUT2D eigenvalue weighted by atomic mass is 9.95. The Kier molecular flexibility index (Phi) is 8.47. The topological polar surface area (TPSA) is 79.8 Å². The molecule has 1 saturated heterocycles. The standard InChI is InChI=1S/C29H37N3O4S2/c1-3-21-10-8-14-26-27(21)30-29(37-26)31(20-24-13-9-19-36-24)28(33)22-15-17-25(18-16-22)38(34,35)32(4-2)23-11-6-5-7-12-23/h8,10,14-18,23-24H,3-7,9,11-13,19-20H2,1-2H3. The van der Waals surface area contributed by atoms with Gasteiger partial charge in [0.25, 0.3) is 5.91 Å². The van der Waals surface area contributed by atoms with E-state index >= 15 is 0 Å². The second kappa shape index (κ2) is 11.8. The third-order valence-electron chi connectivity index (χ3n) is 7.76. The van der Waals surface area contributed by atoms with Crippen molar-refractivity contribution in [3.05, 3.63) is 53.6 Å². The summed E-state index contributed by atoms with van der Waals surface area (Å²) in [5, 5.41) is 0.646. The van der Waals surface area contributed by atoms with E-state index in [-0.39, 0.29) is 22.9 Å². The second-order valence-corrected chi connectivity index (χ2v) is 13.1. The van der Waals surface area contributed by atoms with Crippen LogP contribution in [0.3, 0.4) is 0 Å². The maximum Gasteiger partial charge on any atom is 0.260 e. The number of ether oxygens (including phenoxy) is 1. The molecule has 204 valence electrons. The first kappa shape index (κ1) is 27.2. The highest BCUT2D eigenvalue weighted by Gasteiger charge is 2.32. The van der Waals surface area contributed by atoms with Crippen LogP contribution in [0.5, 0.6) is 0 Å². The molecule has 0 bridgehead atoms. The molecule has 0 radical (unpaired) electrons. The monoisotopic (exact) mass is 555 g/mol. The number of sulfonamides is 1. The van der Waals surface area contributed by atoms with Gasteiger partial charge in [-0.3, -0.25) is 9.69 Å². The number of carbonyl (C=O) groups is 1. The molecular formula is C29H37N3O4S2. The van der Waals surface area contributed by atoms with E-state index in [0.717, 1.165) is 60.7 Å². The summed E-state index contributed by atoms with van der Waals surface area (Å²) in [5.41, 5.74) is 2.53. The predicted molar refractivity (Wildman–Crippen MR) is 153 cm³/mol. The molecule has 38 heavy (non-hydrogen) atoms. The number of hydrogen-bond acceptors (Lipinski definition) is 6. The lowest BCUT2D eigenvalue weighted by Gasteiger charge is -2.32. The lowest BCUT2D eigenvalue weighted by molar-refractivity contribution is 0.0917. The summed E-state index contributed by atoms with van der Waals surface area (Å²) in [6.07, 6.45) is 7.83. The molecule has 1 aliphatic carbocycles. The number of nitrogens with zero attached hydrogens (tertiary/aromatic N) is 3. The number of para-hydroxylation sites is 1. The zero-order valence-corrected chi connectivity index (χ0v) is 23.9. The van der Waals surface area contributed by atoms with E-state index in [1.54, 1.807) is 33.5 Å². The quantitative estimate of drug-likeness (QED) is 0.322.